The Bertz CT molecular complexity index is 1240. The largest absolute Gasteiger partial charge is 0.484 e. The van der Waals surface area contributed by atoms with Crippen molar-refractivity contribution in [2.45, 2.75) is 32.1 Å². The molecule has 0 radical (unpaired) electrons. The maximum absolute atomic E-state index is 13.5. The van der Waals surface area contributed by atoms with E-state index in [4.69, 9.17) is 15.5 Å². The molecule has 1 aliphatic heterocycles. The highest BCUT2D eigenvalue weighted by atomic mass is 16.5. The van der Waals surface area contributed by atoms with E-state index in [1.807, 2.05) is 91.7 Å². The van der Waals surface area contributed by atoms with Crippen molar-refractivity contribution in [1.29, 1.82) is 0 Å². The first-order valence-corrected chi connectivity index (χ1v) is 11.6. The lowest BCUT2D eigenvalue weighted by atomic mass is 10.00. The Balaban J connectivity index is 1.55. The number of carbonyl (C=O) groups excluding carboxylic acids is 2. The molecule has 0 saturated carbocycles. The number of ether oxygens (including phenoxy) is 1. The molecule has 0 fully saturated rings. The van der Waals surface area contributed by atoms with E-state index in [2.05, 4.69) is 5.32 Å². The number of benzene rings is 3. The Hall–Kier alpha value is -3.97. The number of nitrogens with one attached hydrogen (secondary N) is 1. The first-order valence-electron chi connectivity index (χ1n) is 11.6. The topological polar surface area (TPSA) is 97.0 Å². The molecule has 2 unspecified atom stereocenters. The van der Waals surface area contributed by atoms with Crippen LogP contribution in [0.15, 0.2) is 83.9 Å². The van der Waals surface area contributed by atoms with Gasteiger partial charge in [-0.3, -0.25) is 14.6 Å². The van der Waals surface area contributed by atoms with Crippen LogP contribution in [0.4, 0.5) is 5.69 Å². The van der Waals surface area contributed by atoms with E-state index in [0.717, 1.165) is 22.4 Å². The summed E-state index contributed by atoms with van der Waals surface area (Å²) in [7, 11) is 1.85. The molecular weight excluding hydrogens is 440 g/mol. The lowest BCUT2D eigenvalue weighted by molar-refractivity contribution is -0.129. The standard InChI is InChI=1S/C28H30N4O3/c1-18-10-9-13-21(16-18)35-17-24(33)30-19(2)27(34)26-28(29)32(3)23-15-8-7-14-22(23)25(31-26)20-11-5-4-6-12-20/h4-16,19,26,28H,17,29H2,1-3H3,(H,30,33)/t19?,26?,28-/m0/s1. The van der Waals surface area contributed by atoms with Crippen molar-refractivity contribution in [3.8, 4) is 5.75 Å². The number of nitrogens with zero attached hydrogens (tertiary/aromatic N) is 2. The number of aliphatic imine (C=N–C) groups is 1. The summed E-state index contributed by atoms with van der Waals surface area (Å²) >= 11 is 0. The van der Waals surface area contributed by atoms with Crippen molar-refractivity contribution < 1.29 is 14.3 Å². The lowest BCUT2D eigenvalue weighted by Crippen LogP contribution is -2.55. The van der Waals surface area contributed by atoms with Crippen molar-refractivity contribution in [3.63, 3.8) is 0 Å². The molecule has 1 amide bonds. The van der Waals surface area contributed by atoms with Crippen molar-refractivity contribution >= 4 is 23.1 Å². The second-order valence-corrected chi connectivity index (χ2v) is 8.70. The molecule has 3 N–H and O–H groups in total. The molecule has 180 valence electrons. The van der Waals surface area contributed by atoms with Gasteiger partial charge in [-0.2, -0.15) is 0 Å². The number of carbonyl (C=O) groups is 2. The van der Waals surface area contributed by atoms with Gasteiger partial charge in [0.1, 0.15) is 18.0 Å². The van der Waals surface area contributed by atoms with Crippen LogP contribution >= 0.6 is 0 Å². The number of anilines is 1. The van der Waals surface area contributed by atoms with E-state index in [0.29, 0.717) is 11.5 Å². The maximum atomic E-state index is 13.5. The van der Waals surface area contributed by atoms with Gasteiger partial charge in [-0.25, -0.2) is 0 Å². The van der Waals surface area contributed by atoms with E-state index in [9.17, 15) is 9.59 Å². The Morgan fingerprint density at radius 1 is 1.06 bits per heavy atom. The fraction of sp³-hybridized carbons (Fsp3) is 0.250. The van der Waals surface area contributed by atoms with E-state index >= 15 is 0 Å². The number of fused-ring (bicyclic) bond motifs is 1. The quantitative estimate of drug-likeness (QED) is 0.553. The Morgan fingerprint density at radius 3 is 2.51 bits per heavy atom. The molecule has 7 nitrogen and oxygen atoms in total. The van der Waals surface area contributed by atoms with Gasteiger partial charge in [-0.1, -0.05) is 60.7 Å². The molecule has 3 atom stereocenters. The number of para-hydroxylation sites is 1. The molecule has 0 aromatic heterocycles. The van der Waals surface area contributed by atoms with Gasteiger partial charge in [-0.15, -0.1) is 0 Å². The molecule has 1 heterocycles. The third kappa shape index (κ3) is 5.41. The van der Waals surface area contributed by atoms with Crippen LogP contribution in [0.2, 0.25) is 0 Å². The van der Waals surface area contributed by atoms with Crippen LogP contribution < -0.4 is 20.7 Å². The number of ketones is 1. The summed E-state index contributed by atoms with van der Waals surface area (Å²) in [6.45, 7) is 3.40. The van der Waals surface area contributed by atoms with E-state index in [-0.39, 0.29) is 12.4 Å². The van der Waals surface area contributed by atoms with Crippen molar-refractivity contribution in [2.75, 3.05) is 18.6 Å². The third-order valence-corrected chi connectivity index (χ3v) is 6.08. The number of likely N-dealkylation sites (N-methyl/N-ethyl adjacent to an activating group) is 1. The Morgan fingerprint density at radius 2 is 1.77 bits per heavy atom. The fourth-order valence-electron chi connectivity index (χ4n) is 4.16. The van der Waals surface area contributed by atoms with Gasteiger partial charge < -0.3 is 20.7 Å². The predicted octanol–water partition coefficient (Wildman–Crippen LogP) is 3.09. The lowest BCUT2D eigenvalue weighted by Gasteiger charge is -2.30. The summed E-state index contributed by atoms with van der Waals surface area (Å²) in [6.07, 6.45) is -0.701. The molecule has 3 aromatic rings. The fourth-order valence-corrected chi connectivity index (χ4v) is 4.16. The van der Waals surface area contributed by atoms with E-state index in [1.165, 1.54) is 0 Å². The van der Waals surface area contributed by atoms with Crippen molar-refractivity contribution in [1.82, 2.24) is 5.32 Å². The number of hydrogen-bond acceptors (Lipinski definition) is 6. The van der Waals surface area contributed by atoms with Crippen LogP contribution in [0.3, 0.4) is 0 Å². The molecular formula is C28H30N4O3. The summed E-state index contributed by atoms with van der Waals surface area (Å²) in [5, 5.41) is 2.74. The average molecular weight is 471 g/mol. The first-order chi connectivity index (χ1) is 16.8. The molecule has 0 bridgehead atoms. The minimum absolute atomic E-state index is 0.193. The second-order valence-electron chi connectivity index (χ2n) is 8.70. The Labute approximate surface area is 205 Å². The molecule has 3 aromatic carbocycles. The van der Waals surface area contributed by atoms with Crippen LogP contribution in [0.5, 0.6) is 5.75 Å². The van der Waals surface area contributed by atoms with Crippen molar-refractivity contribution in [3.05, 3.63) is 95.6 Å². The van der Waals surface area contributed by atoms with Gasteiger partial charge in [0.05, 0.1) is 11.8 Å². The van der Waals surface area contributed by atoms with Crippen LogP contribution in [0.1, 0.15) is 23.6 Å². The van der Waals surface area contributed by atoms with Gasteiger partial charge in [0.25, 0.3) is 5.91 Å². The molecule has 1 aliphatic rings. The molecule has 0 saturated heterocycles. The number of rotatable bonds is 7. The monoisotopic (exact) mass is 470 g/mol. The summed E-state index contributed by atoms with van der Waals surface area (Å²) in [5.74, 6) is -0.0608. The van der Waals surface area contributed by atoms with Crippen LogP contribution in [0, 0.1) is 6.92 Å². The highest BCUT2D eigenvalue weighted by Crippen LogP contribution is 2.29. The highest BCUT2D eigenvalue weighted by molar-refractivity contribution is 6.17. The van der Waals surface area contributed by atoms with Gasteiger partial charge in [0.15, 0.2) is 12.4 Å². The van der Waals surface area contributed by atoms with Gasteiger partial charge >= 0.3 is 0 Å². The zero-order chi connectivity index (χ0) is 24.9. The predicted molar refractivity (Wildman–Crippen MR) is 138 cm³/mol. The smallest absolute Gasteiger partial charge is 0.258 e. The van der Waals surface area contributed by atoms with Crippen LogP contribution in [0.25, 0.3) is 0 Å². The molecule has 7 heteroatoms. The first kappa shape index (κ1) is 24.2. The molecule has 0 aliphatic carbocycles. The number of Topliss-reactive ketones (excluding diaryl/α,β-unsaturated/α-hetero) is 1. The van der Waals surface area contributed by atoms with Gasteiger partial charge in [0.2, 0.25) is 0 Å². The highest BCUT2D eigenvalue weighted by Gasteiger charge is 2.36. The summed E-state index contributed by atoms with van der Waals surface area (Å²) in [6, 6.07) is 23.3. The maximum Gasteiger partial charge on any atom is 0.258 e. The number of benzodiazepines with no additional fused rings is 1. The zero-order valence-electron chi connectivity index (χ0n) is 20.1. The number of aryl methyl sites for hydroxylation is 1. The van der Waals surface area contributed by atoms with Crippen LogP contribution in [-0.2, 0) is 9.59 Å². The Kier molecular flexibility index (Phi) is 7.27. The number of amides is 1. The number of hydrogen-bond donors (Lipinski definition) is 2. The minimum atomic E-state index is -0.879. The SMILES string of the molecule is Cc1cccc(OCC(=O)NC(C)C(=O)C2N=C(c3ccccc3)c3ccccc3N(C)[C@@H]2N)c1. The minimum Gasteiger partial charge on any atom is -0.484 e. The third-order valence-electron chi connectivity index (χ3n) is 6.08. The van der Waals surface area contributed by atoms with E-state index < -0.39 is 24.2 Å². The summed E-state index contributed by atoms with van der Waals surface area (Å²) < 4.78 is 5.57. The number of nitrogens with two attached hydrogens (primary N) is 1. The second kappa shape index (κ2) is 10.5. The van der Waals surface area contributed by atoms with Gasteiger partial charge in [-0.05, 0) is 37.6 Å². The van der Waals surface area contributed by atoms with E-state index in [1.54, 1.807) is 13.0 Å². The molecule has 0 spiro atoms. The average Bonchev–Trinajstić information content (AvgIpc) is 2.98. The normalized spacial score (nSPS) is 18.1. The van der Waals surface area contributed by atoms with Crippen molar-refractivity contribution in [2.24, 2.45) is 10.7 Å². The zero-order valence-corrected chi connectivity index (χ0v) is 20.1. The molecule has 35 heavy (non-hydrogen) atoms. The summed E-state index contributed by atoms with van der Waals surface area (Å²) in [4.78, 5) is 32.8. The molecule has 4 rings (SSSR count). The summed E-state index contributed by atoms with van der Waals surface area (Å²) in [5.41, 5.74) is 11.0. The van der Waals surface area contributed by atoms with Gasteiger partial charge in [0, 0.05) is 23.9 Å². The van der Waals surface area contributed by atoms with Crippen LogP contribution in [-0.4, -0.2) is 49.3 Å².